The Morgan fingerprint density at radius 1 is 1.50 bits per heavy atom. The minimum absolute atomic E-state index is 0.316. The molecule has 1 aliphatic carbocycles. The monoisotopic (exact) mass is 165 g/mol. The summed E-state index contributed by atoms with van der Waals surface area (Å²) in [5.41, 5.74) is 6.49. The molecule has 0 radical (unpaired) electrons. The van der Waals surface area contributed by atoms with Crippen LogP contribution in [0.25, 0.3) is 0 Å². The number of hydrogen-bond acceptors (Lipinski definition) is 1. The van der Waals surface area contributed by atoms with Gasteiger partial charge in [-0.15, -0.1) is 12.3 Å². The van der Waals surface area contributed by atoms with Crippen molar-refractivity contribution in [3.63, 3.8) is 0 Å². The first-order valence-electron chi connectivity index (χ1n) is 4.88. The summed E-state index contributed by atoms with van der Waals surface area (Å²) in [7, 11) is 0. The third kappa shape index (κ3) is 2.01. The maximum Gasteiger partial charge on any atom is 0.0102 e. The van der Waals surface area contributed by atoms with Crippen LogP contribution in [0.4, 0.5) is 0 Å². The van der Waals surface area contributed by atoms with Crippen molar-refractivity contribution >= 4 is 0 Å². The molecule has 1 rings (SSSR count). The number of nitrogens with two attached hydrogens (primary N) is 1. The molecule has 12 heavy (non-hydrogen) atoms. The van der Waals surface area contributed by atoms with Crippen LogP contribution in [0.15, 0.2) is 0 Å². The standard InChI is InChI=1S/C11H19N/c1-3-4-7-10(12)11(2)8-5-6-9-11/h1,10H,4-9,12H2,2H3. The van der Waals surface area contributed by atoms with E-state index in [4.69, 9.17) is 12.2 Å². The normalized spacial score (nSPS) is 23.4. The van der Waals surface area contributed by atoms with Crippen molar-refractivity contribution in [3.05, 3.63) is 0 Å². The largest absolute Gasteiger partial charge is 0.327 e. The second-order valence-corrected chi connectivity index (χ2v) is 4.21. The molecule has 0 aromatic rings. The zero-order chi connectivity index (χ0) is 9.03. The minimum Gasteiger partial charge on any atom is -0.327 e. The van der Waals surface area contributed by atoms with Crippen LogP contribution >= 0.6 is 0 Å². The fourth-order valence-electron chi connectivity index (χ4n) is 2.14. The molecule has 0 aromatic heterocycles. The summed E-state index contributed by atoms with van der Waals surface area (Å²) in [5, 5.41) is 0. The maximum absolute atomic E-state index is 6.10. The Hall–Kier alpha value is -0.480. The summed E-state index contributed by atoms with van der Waals surface area (Å²) >= 11 is 0. The van der Waals surface area contributed by atoms with Crippen LogP contribution in [0.5, 0.6) is 0 Å². The molecule has 1 nitrogen and oxygen atoms in total. The van der Waals surface area contributed by atoms with Gasteiger partial charge in [0.15, 0.2) is 0 Å². The van der Waals surface area contributed by atoms with Crippen molar-refractivity contribution < 1.29 is 0 Å². The Kier molecular flexibility index (Phi) is 3.17. The first-order chi connectivity index (χ1) is 5.69. The summed E-state index contributed by atoms with van der Waals surface area (Å²) in [6.07, 6.45) is 12.3. The van der Waals surface area contributed by atoms with E-state index >= 15 is 0 Å². The maximum atomic E-state index is 6.10. The van der Waals surface area contributed by atoms with Crippen LogP contribution in [0, 0.1) is 17.8 Å². The highest BCUT2D eigenvalue weighted by atomic mass is 14.7. The zero-order valence-electron chi connectivity index (χ0n) is 7.97. The smallest absolute Gasteiger partial charge is 0.0102 e. The van der Waals surface area contributed by atoms with Gasteiger partial charge < -0.3 is 5.73 Å². The Labute approximate surface area is 75.7 Å². The lowest BCUT2D eigenvalue weighted by Gasteiger charge is -2.30. The average Bonchev–Trinajstić information content (AvgIpc) is 2.49. The molecule has 0 aromatic carbocycles. The predicted molar refractivity (Wildman–Crippen MR) is 52.6 cm³/mol. The third-order valence-corrected chi connectivity index (χ3v) is 3.24. The Morgan fingerprint density at radius 2 is 2.08 bits per heavy atom. The van der Waals surface area contributed by atoms with Gasteiger partial charge in [-0.2, -0.15) is 0 Å². The summed E-state index contributed by atoms with van der Waals surface area (Å²) < 4.78 is 0. The van der Waals surface area contributed by atoms with E-state index < -0.39 is 0 Å². The van der Waals surface area contributed by atoms with Crippen molar-refractivity contribution in [2.24, 2.45) is 11.1 Å². The molecule has 1 aliphatic rings. The van der Waals surface area contributed by atoms with E-state index in [1.165, 1.54) is 25.7 Å². The van der Waals surface area contributed by atoms with Gasteiger partial charge in [0, 0.05) is 12.5 Å². The van der Waals surface area contributed by atoms with Gasteiger partial charge in [0.2, 0.25) is 0 Å². The van der Waals surface area contributed by atoms with E-state index in [0.29, 0.717) is 11.5 Å². The molecule has 0 aliphatic heterocycles. The van der Waals surface area contributed by atoms with Crippen molar-refractivity contribution in [1.29, 1.82) is 0 Å². The van der Waals surface area contributed by atoms with Crippen LogP contribution in [-0.2, 0) is 0 Å². The second-order valence-electron chi connectivity index (χ2n) is 4.21. The van der Waals surface area contributed by atoms with Crippen LogP contribution in [-0.4, -0.2) is 6.04 Å². The van der Waals surface area contributed by atoms with Gasteiger partial charge in [0.25, 0.3) is 0 Å². The molecule has 2 N–H and O–H groups in total. The zero-order valence-corrected chi connectivity index (χ0v) is 7.97. The van der Waals surface area contributed by atoms with Crippen molar-refractivity contribution in [2.75, 3.05) is 0 Å². The van der Waals surface area contributed by atoms with Gasteiger partial charge in [-0.05, 0) is 24.7 Å². The van der Waals surface area contributed by atoms with Gasteiger partial charge in [0.05, 0.1) is 0 Å². The molecular formula is C11H19N. The van der Waals surface area contributed by atoms with Crippen LogP contribution in [0.3, 0.4) is 0 Å². The van der Waals surface area contributed by atoms with E-state index in [1.807, 2.05) is 0 Å². The number of terminal acetylenes is 1. The van der Waals surface area contributed by atoms with Gasteiger partial charge in [0.1, 0.15) is 0 Å². The van der Waals surface area contributed by atoms with Crippen LogP contribution in [0.2, 0.25) is 0 Å². The van der Waals surface area contributed by atoms with Crippen molar-refractivity contribution in [2.45, 2.75) is 51.5 Å². The molecule has 1 atom stereocenters. The second kappa shape index (κ2) is 3.96. The van der Waals surface area contributed by atoms with E-state index in [0.717, 1.165) is 12.8 Å². The molecule has 1 saturated carbocycles. The summed E-state index contributed by atoms with van der Waals surface area (Å²) in [6.45, 7) is 2.31. The van der Waals surface area contributed by atoms with E-state index in [9.17, 15) is 0 Å². The van der Waals surface area contributed by atoms with Crippen molar-refractivity contribution in [3.8, 4) is 12.3 Å². The highest BCUT2D eigenvalue weighted by Gasteiger charge is 2.33. The lowest BCUT2D eigenvalue weighted by molar-refractivity contribution is 0.252. The van der Waals surface area contributed by atoms with E-state index in [-0.39, 0.29) is 0 Å². The lowest BCUT2D eigenvalue weighted by atomic mass is 9.79. The first kappa shape index (κ1) is 9.61. The highest BCUT2D eigenvalue weighted by Crippen LogP contribution is 2.40. The fourth-order valence-corrected chi connectivity index (χ4v) is 2.14. The molecule has 1 fully saturated rings. The molecule has 0 spiro atoms. The summed E-state index contributed by atoms with van der Waals surface area (Å²) in [5.74, 6) is 2.66. The van der Waals surface area contributed by atoms with Crippen LogP contribution < -0.4 is 5.73 Å². The topological polar surface area (TPSA) is 26.0 Å². The molecule has 1 heteroatoms. The highest BCUT2D eigenvalue weighted by molar-refractivity contribution is 4.93. The first-order valence-corrected chi connectivity index (χ1v) is 4.88. The molecule has 0 amide bonds. The summed E-state index contributed by atoms with van der Waals surface area (Å²) in [6, 6.07) is 0.316. The molecule has 0 bridgehead atoms. The molecule has 1 unspecified atom stereocenters. The van der Waals surface area contributed by atoms with Gasteiger partial charge in [-0.25, -0.2) is 0 Å². The molecule has 0 heterocycles. The van der Waals surface area contributed by atoms with Gasteiger partial charge >= 0.3 is 0 Å². The number of rotatable bonds is 3. The third-order valence-electron chi connectivity index (χ3n) is 3.24. The average molecular weight is 165 g/mol. The predicted octanol–water partition coefficient (Wildman–Crippen LogP) is 2.31. The molecule has 68 valence electrons. The number of hydrogen-bond donors (Lipinski definition) is 1. The Balaban J connectivity index is 2.39. The molecular weight excluding hydrogens is 146 g/mol. The quantitative estimate of drug-likeness (QED) is 0.638. The van der Waals surface area contributed by atoms with Crippen molar-refractivity contribution in [1.82, 2.24) is 0 Å². The minimum atomic E-state index is 0.316. The SMILES string of the molecule is C#CCCC(N)C1(C)CCCC1. The molecule has 0 saturated heterocycles. The lowest BCUT2D eigenvalue weighted by Crippen LogP contribution is -2.37. The fraction of sp³-hybridized carbons (Fsp3) is 0.818. The van der Waals surface area contributed by atoms with Crippen LogP contribution in [0.1, 0.15) is 45.4 Å². The summed E-state index contributed by atoms with van der Waals surface area (Å²) in [4.78, 5) is 0. The Morgan fingerprint density at radius 3 is 2.58 bits per heavy atom. The van der Waals surface area contributed by atoms with E-state index in [2.05, 4.69) is 12.8 Å². The van der Waals surface area contributed by atoms with Gasteiger partial charge in [-0.1, -0.05) is 19.8 Å². The van der Waals surface area contributed by atoms with E-state index in [1.54, 1.807) is 0 Å². The Bertz CT molecular complexity index is 172. The van der Waals surface area contributed by atoms with Gasteiger partial charge in [-0.3, -0.25) is 0 Å².